The van der Waals surface area contributed by atoms with E-state index in [0.29, 0.717) is 5.56 Å². The molecule has 0 bridgehead atoms. The standard InChI is InChI=1S/C46H56N6O13/c1-25(2)39(52-45(63)64-24-31-29-17-11-9-15-27(29)28-16-10-12-18-30(28)31)43(60)50-33(22-36(47)53)41(58)49-34(23-38(56)65-46(3,4)5)42(59)48-32(19-20-37(54)55)40(57)51-35(44(61)62)21-26-13-7-6-8-14-26/h6-18,25,31-35,39H,19-24H2,1-5H3,(H2,47,53)(H,48,59)(H,49,58)(H,50,60)(H,51,57)(H,52,63)(H,54,55)(H,61,62)/t32-,33-,34-,35-,39-/m0/s1. The maximum Gasteiger partial charge on any atom is 0.407 e. The summed E-state index contributed by atoms with van der Waals surface area (Å²) in [6.45, 7) is 7.77. The van der Waals surface area contributed by atoms with Gasteiger partial charge in [-0.1, -0.05) is 92.7 Å². The molecule has 0 saturated carbocycles. The van der Waals surface area contributed by atoms with Crippen molar-refractivity contribution in [2.75, 3.05) is 6.61 Å². The molecular formula is C46H56N6O13. The molecule has 0 unspecified atom stereocenters. The van der Waals surface area contributed by atoms with E-state index in [1.165, 1.54) is 0 Å². The minimum Gasteiger partial charge on any atom is -0.481 e. The summed E-state index contributed by atoms with van der Waals surface area (Å²) in [6.07, 6.45) is -3.97. The highest BCUT2D eigenvalue weighted by atomic mass is 16.6. The van der Waals surface area contributed by atoms with Gasteiger partial charge in [0.05, 0.1) is 12.8 Å². The van der Waals surface area contributed by atoms with Gasteiger partial charge in [0.15, 0.2) is 0 Å². The number of hydrogen-bond acceptors (Lipinski definition) is 11. The van der Waals surface area contributed by atoms with Crippen LogP contribution in [0.5, 0.6) is 0 Å². The first kappa shape index (κ1) is 50.3. The predicted octanol–water partition coefficient (Wildman–Crippen LogP) is 2.29. The number of rotatable bonds is 22. The number of fused-ring (bicyclic) bond motifs is 3. The number of carboxylic acids is 2. The van der Waals surface area contributed by atoms with Crippen molar-refractivity contribution in [2.45, 2.75) is 108 Å². The summed E-state index contributed by atoms with van der Waals surface area (Å²) in [5.41, 5.74) is 8.88. The number of ether oxygens (including phenoxy) is 2. The molecule has 4 rings (SSSR count). The lowest BCUT2D eigenvalue weighted by Gasteiger charge is -2.28. The molecule has 9 N–H and O–H groups in total. The van der Waals surface area contributed by atoms with Gasteiger partial charge >= 0.3 is 24.0 Å². The van der Waals surface area contributed by atoms with E-state index >= 15 is 0 Å². The number of carbonyl (C=O) groups excluding carboxylic acids is 7. The summed E-state index contributed by atoms with van der Waals surface area (Å²) in [6, 6.07) is 15.6. The van der Waals surface area contributed by atoms with E-state index in [1.54, 1.807) is 65.0 Å². The van der Waals surface area contributed by atoms with Crippen molar-refractivity contribution in [3.8, 4) is 11.1 Å². The largest absolute Gasteiger partial charge is 0.481 e. The zero-order valence-corrected chi connectivity index (χ0v) is 36.8. The number of primary amides is 1. The number of nitrogens with two attached hydrogens (primary N) is 1. The lowest BCUT2D eigenvalue weighted by atomic mass is 9.98. The molecule has 5 atom stereocenters. The van der Waals surface area contributed by atoms with Gasteiger partial charge in [0.2, 0.25) is 29.5 Å². The van der Waals surface area contributed by atoms with E-state index in [1.807, 2.05) is 48.5 Å². The quantitative estimate of drug-likeness (QED) is 0.0673. The molecule has 1 aliphatic carbocycles. The summed E-state index contributed by atoms with van der Waals surface area (Å²) in [5.74, 6) is -10.1. The lowest BCUT2D eigenvalue weighted by Crippen LogP contribution is -2.60. The van der Waals surface area contributed by atoms with Gasteiger partial charge in [0, 0.05) is 18.8 Å². The number of amides is 6. The van der Waals surface area contributed by atoms with Gasteiger partial charge in [-0.2, -0.15) is 0 Å². The molecule has 3 aromatic rings. The molecule has 19 nitrogen and oxygen atoms in total. The number of benzene rings is 3. The zero-order valence-electron chi connectivity index (χ0n) is 36.8. The van der Waals surface area contributed by atoms with Crippen LogP contribution in [0.4, 0.5) is 4.79 Å². The Morgan fingerprint density at radius 1 is 0.646 bits per heavy atom. The molecule has 0 saturated heterocycles. The third kappa shape index (κ3) is 15.2. The fraction of sp³-hybridized carbons (Fsp3) is 0.413. The van der Waals surface area contributed by atoms with Crippen molar-refractivity contribution in [3.05, 3.63) is 95.6 Å². The monoisotopic (exact) mass is 900 g/mol. The van der Waals surface area contributed by atoms with Crippen LogP contribution in [0, 0.1) is 5.92 Å². The summed E-state index contributed by atoms with van der Waals surface area (Å²) < 4.78 is 11.0. The van der Waals surface area contributed by atoms with Crippen molar-refractivity contribution in [2.24, 2.45) is 11.7 Å². The fourth-order valence-electron chi connectivity index (χ4n) is 7.14. The number of nitrogens with one attached hydrogen (secondary N) is 5. The van der Waals surface area contributed by atoms with Crippen LogP contribution in [0.1, 0.15) is 82.9 Å². The van der Waals surface area contributed by atoms with Crippen molar-refractivity contribution in [1.29, 1.82) is 0 Å². The Balaban J connectivity index is 1.51. The summed E-state index contributed by atoms with van der Waals surface area (Å²) >= 11 is 0. The van der Waals surface area contributed by atoms with Crippen LogP contribution in [0.25, 0.3) is 11.1 Å². The maximum absolute atomic E-state index is 13.9. The summed E-state index contributed by atoms with van der Waals surface area (Å²) in [7, 11) is 0. The molecule has 348 valence electrons. The van der Waals surface area contributed by atoms with Gasteiger partial charge in [-0.05, 0) is 60.9 Å². The highest BCUT2D eigenvalue weighted by Gasteiger charge is 2.36. The van der Waals surface area contributed by atoms with Crippen molar-refractivity contribution in [3.63, 3.8) is 0 Å². The van der Waals surface area contributed by atoms with E-state index in [9.17, 15) is 53.4 Å². The Kier molecular flexibility index (Phi) is 17.7. The molecule has 65 heavy (non-hydrogen) atoms. The van der Waals surface area contributed by atoms with E-state index in [2.05, 4.69) is 26.6 Å². The van der Waals surface area contributed by atoms with E-state index < -0.39 is 121 Å². The number of hydrogen-bond donors (Lipinski definition) is 8. The second-order valence-electron chi connectivity index (χ2n) is 16.9. The molecule has 6 amide bonds. The maximum atomic E-state index is 13.9. The van der Waals surface area contributed by atoms with Gasteiger partial charge < -0.3 is 52.0 Å². The Hall–Kier alpha value is -7.31. The molecule has 0 heterocycles. The molecule has 0 fully saturated rings. The van der Waals surface area contributed by atoms with Gasteiger partial charge in [0.25, 0.3) is 0 Å². The Morgan fingerprint density at radius 3 is 1.66 bits per heavy atom. The first-order valence-electron chi connectivity index (χ1n) is 20.9. The molecule has 0 aliphatic heterocycles. The molecular weight excluding hydrogens is 845 g/mol. The predicted molar refractivity (Wildman–Crippen MR) is 233 cm³/mol. The lowest BCUT2D eigenvalue weighted by molar-refractivity contribution is -0.157. The third-order valence-corrected chi connectivity index (χ3v) is 10.2. The number of alkyl carbamates (subject to hydrolysis) is 1. The number of carbonyl (C=O) groups is 9. The van der Waals surface area contributed by atoms with E-state index in [-0.39, 0.29) is 18.9 Å². The molecule has 0 radical (unpaired) electrons. The summed E-state index contributed by atoms with van der Waals surface area (Å²) in [5, 5.41) is 31.1. The van der Waals surface area contributed by atoms with E-state index in [0.717, 1.165) is 22.3 Å². The van der Waals surface area contributed by atoms with Gasteiger partial charge in [-0.15, -0.1) is 0 Å². The van der Waals surface area contributed by atoms with Crippen LogP contribution in [0.2, 0.25) is 0 Å². The second kappa shape index (κ2) is 22.9. The average molecular weight is 901 g/mol. The molecule has 0 aromatic heterocycles. The van der Waals surface area contributed by atoms with Gasteiger partial charge in [0.1, 0.15) is 42.4 Å². The molecule has 0 spiro atoms. The number of carboxylic acid groups (broad SMARTS) is 2. The Morgan fingerprint density at radius 2 is 1.14 bits per heavy atom. The number of esters is 1. The number of aliphatic carboxylic acids is 2. The van der Waals surface area contributed by atoms with Gasteiger partial charge in [-0.25, -0.2) is 9.59 Å². The zero-order chi connectivity index (χ0) is 48.0. The molecule has 3 aromatic carbocycles. The smallest absolute Gasteiger partial charge is 0.407 e. The van der Waals surface area contributed by atoms with Crippen molar-refractivity contribution in [1.82, 2.24) is 26.6 Å². The van der Waals surface area contributed by atoms with Crippen LogP contribution in [-0.4, -0.2) is 106 Å². The average Bonchev–Trinajstić information content (AvgIpc) is 3.55. The molecule has 19 heteroatoms. The minimum atomic E-state index is -1.87. The van der Waals surface area contributed by atoms with Crippen LogP contribution in [0.3, 0.4) is 0 Å². The Bertz CT molecular complexity index is 2200. The van der Waals surface area contributed by atoms with Crippen LogP contribution in [0.15, 0.2) is 78.9 Å². The highest BCUT2D eigenvalue weighted by Crippen LogP contribution is 2.44. The summed E-state index contributed by atoms with van der Waals surface area (Å²) in [4.78, 5) is 117. The van der Waals surface area contributed by atoms with Crippen molar-refractivity contribution >= 4 is 53.5 Å². The first-order chi connectivity index (χ1) is 30.6. The van der Waals surface area contributed by atoms with Crippen LogP contribution >= 0.6 is 0 Å². The topological polar surface area (TPSA) is 299 Å². The Labute approximate surface area is 375 Å². The van der Waals surface area contributed by atoms with Crippen LogP contribution < -0.4 is 32.3 Å². The second-order valence-corrected chi connectivity index (χ2v) is 16.9. The molecule has 1 aliphatic rings. The van der Waals surface area contributed by atoms with E-state index in [4.69, 9.17) is 15.2 Å². The van der Waals surface area contributed by atoms with Crippen LogP contribution in [-0.2, 0) is 54.3 Å². The fourth-order valence-corrected chi connectivity index (χ4v) is 7.14. The highest BCUT2D eigenvalue weighted by molar-refractivity contribution is 5.98. The van der Waals surface area contributed by atoms with Crippen molar-refractivity contribution < 1.29 is 62.8 Å². The first-order valence-corrected chi connectivity index (χ1v) is 20.9. The third-order valence-electron chi connectivity index (χ3n) is 10.2. The van der Waals surface area contributed by atoms with Gasteiger partial charge in [-0.3, -0.25) is 33.6 Å². The minimum absolute atomic E-state index is 0.0627. The normalized spacial score (nSPS) is 14.2. The SMILES string of the molecule is CC(C)[C@H](NC(=O)OCC1c2ccccc2-c2ccccc21)C(=O)N[C@@H](CC(N)=O)C(=O)N[C@@H](CC(=O)OC(C)(C)C)C(=O)N[C@@H](CCC(=O)O)C(=O)N[C@@H](Cc1ccccc1)C(=O)O.